The minimum absolute atomic E-state index is 0.131. The van der Waals surface area contributed by atoms with E-state index in [1.54, 1.807) is 0 Å². The molecule has 0 heterocycles. The molecular formula is C31H52F4O2. The molecule has 4 fully saturated rings. The quantitative estimate of drug-likeness (QED) is 0.238. The molecule has 216 valence electrons. The summed E-state index contributed by atoms with van der Waals surface area (Å²) in [5.74, 6) is 0.373. The van der Waals surface area contributed by atoms with Gasteiger partial charge in [0, 0.05) is 5.92 Å². The maximum atomic E-state index is 15.2. The third-order valence-corrected chi connectivity index (χ3v) is 10.9. The normalized spacial score (nSPS) is 46.5. The van der Waals surface area contributed by atoms with E-state index in [1.165, 1.54) is 12.8 Å². The summed E-state index contributed by atoms with van der Waals surface area (Å²) in [6, 6.07) is 0. The summed E-state index contributed by atoms with van der Waals surface area (Å²) in [6.45, 7) is 4.22. The topological polar surface area (TPSA) is 29.5 Å². The van der Waals surface area contributed by atoms with Gasteiger partial charge in [-0.3, -0.25) is 0 Å². The highest BCUT2D eigenvalue weighted by atomic mass is 19.2. The molecule has 4 aliphatic carbocycles. The first kappa shape index (κ1) is 29.6. The van der Waals surface area contributed by atoms with E-state index >= 15 is 8.78 Å². The van der Waals surface area contributed by atoms with E-state index in [-0.39, 0.29) is 35.5 Å². The van der Waals surface area contributed by atoms with Crippen LogP contribution < -0.4 is 0 Å². The fourth-order valence-corrected chi connectivity index (χ4v) is 8.61. The van der Waals surface area contributed by atoms with Gasteiger partial charge in [0.05, 0.1) is 6.10 Å². The highest BCUT2D eigenvalue weighted by molar-refractivity contribution is 4.95. The second kappa shape index (κ2) is 13.8. The molecule has 4 rings (SSSR count). The van der Waals surface area contributed by atoms with E-state index < -0.39 is 37.1 Å². The molecule has 1 N–H and O–H groups in total. The maximum Gasteiger partial charge on any atom is 0.157 e. The van der Waals surface area contributed by atoms with Gasteiger partial charge >= 0.3 is 0 Å². The molecule has 8 unspecified atom stereocenters. The van der Waals surface area contributed by atoms with Gasteiger partial charge in [0.2, 0.25) is 0 Å². The Morgan fingerprint density at radius 1 is 0.622 bits per heavy atom. The van der Waals surface area contributed by atoms with E-state index in [9.17, 15) is 13.9 Å². The summed E-state index contributed by atoms with van der Waals surface area (Å²) in [4.78, 5) is 0. The molecule has 0 bridgehead atoms. The van der Waals surface area contributed by atoms with Crippen LogP contribution in [0.25, 0.3) is 0 Å². The number of hydrogen-bond acceptors (Lipinski definition) is 2. The number of alkyl halides is 4. The van der Waals surface area contributed by atoms with Crippen LogP contribution in [0.4, 0.5) is 17.6 Å². The van der Waals surface area contributed by atoms with Crippen LogP contribution in [0.1, 0.15) is 117 Å². The largest absolute Gasteiger partial charge is 0.368 e. The first-order valence-corrected chi connectivity index (χ1v) is 15.7. The molecule has 0 aliphatic heterocycles. The van der Waals surface area contributed by atoms with Crippen LogP contribution >= 0.6 is 0 Å². The Kier molecular flexibility index (Phi) is 11.1. The number of aliphatic hydroxyl groups excluding tert-OH is 1. The Hall–Kier alpha value is -0.360. The maximum absolute atomic E-state index is 15.2. The molecule has 0 aromatic carbocycles. The molecule has 0 spiro atoms. The Bertz CT molecular complexity index is 664. The summed E-state index contributed by atoms with van der Waals surface area (Å²) in [5.41, 5.74) is 0. The van der Waals surface area contributed by atoms with E-state index in [4.69, 9.17) is 4.74 Å². The van der Waals surface area contributed by atoms with E-state index in [1.807, 2.05) is 6.92 Å². The Balaban J connectivity index is 1.21. The molecule has 0 amide bonds. The zero-order valence-corrected chi connectivity index (χ0v) is 23.2. The lowest BCUT2D eigenvalue weighted by Crippen LogP contribution is -2.48. The smallest absolute Gasteiger partial charge is 0.157 e. The molecule has 0 aromatic rings. The zero-order chi connectivity index (χ0) is 26.5. The fourth-order valence-electron chi connectivity index (χ4n) is 8.61. The van der Waals surface area contributed by atoms with Gasteiger partial charge in [-0.15, -0.1) is 0 Å². The van der Waals surface area contributed by atoms with Crippen LogP contribution in [0.2, 0.25) is 0 Å². The van der Waals surface area contributed by atoms with Crippen molar-refractivity contribution in [1.82, 2.24) is 0 Å². The molecule has 6 heteroatoms. The van der Waals surface area contributed by atoms with Crippen molar-refractivity contribution in [1.29, 1.82) is 0 Å². The highest BCUT2D eigenvalue weighted by Gasteiger charge is 2.47. The van der Waals surface area contributed by atoms with Crippen molar-refractivity contribution < 1.29 is 27.4 Å². The second-order valence-corrected chi connectivity index (χ2v) is 13.1. The van der Waals surface area contributed by atoms with Crippen LogP contribution in [0.3, 0.4) is 0 Å². The number of hydrogen-bond donors (Lipinski definition) is 1. The van der Waals surface area contributed by atoms with Crippen LogP contribution in [-0.4, -0.2) is 42.2 Å². The predicted octanol–water partition coefficient (Wildman–Crippen LogP) is 8.69. The summed E-state index contributed by atoms with van der Waals surface area (Å²) < 4.78 is 65.7. The molecule has 37 heavy (non-hydrogen) atoms. The van der Waals surface area contributed by atoms with Crippen molar-refractivity contribution in [2.24, 2.45) is 41.4 Å². The van der Waals surface area contributed by atoms with Crippen LogP contribution in [0.5, 0.6) is 0 Å². The minimum Gasteiger partial charge on any atom is -0.368 e. The van der Waals surface area contributed by atoms with Crippen molar-refractivity contribution >= 4 is 0 Å². The number of halogens is 4. The Morgan fingerprint density at radius 2 is 1.16 bits per heavy atom. The van der Waals surface area contributed by atoms with Crippen molar-refractivity contribution in [3.63, 3.8) is 0 Å². The molecule has 4 aliphatic rings. The third kappa shape index (κ3) is 7.05. The molecular weight excluding hydrogens is 480 g/mol. The molecule has 9 atom stereocenters. The highest BCUT2D eigenvalue weighted by Crippen LogP contribution is 2.47. The van der Waals surface area contributed by atoms with Crippen molar-refractivity contribution in [2.45, 2.75) is 154 Å². The molecule has 0 saturated heterocycles. The van der Waals surface area contributed by atoms with Gasteiger partial charge in [0.25, 0.3) is 0 Å². The van der Waals surface area contributed by atoms with Crippen molar-refractivity contribution in [3.05, 3.63) is 0 Å². The van der Waals surface area contributed by atoms with Crippen LogP contribution in [0, 0.1) is 41.4 Å². The standard InChI is InChI=1S/C31H52F4O2/c1-3-5-19-7-9-20(10-8-19)25-17-18-26(30(35)29(25)34)37-31(36)23-13-11-21(12-14-23)24-16-15-22(6-4-2)27(32)28(24)33/h19-31,36H,3-18H2,1-2H3/t19?,20?,21?,22?,23?,24?,25?,26?,27?,28?,29?,30-,31?/m0/s1. The van der Waals surface area contributed by atoms with E-state index in [2.05, 4.69) is 6.92 Å². The van der Waals surface area contributed by atoms with Gasteiger partial charge in [-0.25, -0.2) is 17.6 Å². The molecule has 4 saturated carbocycles. The predicted molar refractivity (Wildman–Crippen MR) is 140 cm³/mol. The first-order chi connectivity index (χ1) is 17.8. The SMILES string of the molecule is CCCC1CCC(C2CCC(OC(O)C3CCC(C4CCC(CCC)C(F)C4F)CC3)[C@H](F)C2F)CC1. The van der Waals surface area contributed by atoms with Crippen LogP contribution in [-0.2, 0) is 4.74 Å². The zero-order valence-electron chi connectivity index (χ0n) is 23.2. The molecule has 2 nitrogen and oxygen atoms in total. The van der Waals surface area contributed by atoms with E-state index in [0.717, 1.165) is 70.1 Å². The fraction of sp³-hybridized carbons (Fsp3) is 1.00. The van der Waals surface area contributed by atoms with Gasteiger partial charge < -0.3 is 9.84 Å². The average molecular weight is 533 g/mol. The van der Waals surface area contributed by atoms with Gasteiger partial charge in [0.15, 0.2) is 12.5 Å². The second-order valence-electron chi connectivity index (χ2n) is 13.1. The van der Waals surface area contributed by atoms with Crippen LogP contribution in [0.15, 0.2) is 0 Å². The number of rotatable bonds is 9. The number of aliphatic hydroxyl groups is 1. The Morgan fingerprint density at radius 3 is 1.76 bits per heavy atom. The van der Waals surface area contributed by atoms with E-state index in [0.29, 0.717) is 25.7 Å². The van der Waals surface area contributed by atoms with Gasteiger partial charge in [0.1, 0.15) is 18.5 Å². The van der Waals surface area contributed by atoms with Gasteiger partial charge in [-0.05, 0) is 106 Å². The summed E-state index contributed by atoms with van der Waals surface area (Å²) in [5, 5.41) is 10.8. The van der Waals surface area contributed by atoms with Gasteiger partial charge in [-0.2, -0.15) is 0 Å². The Labute approximate surface area is 222 Å². The lowest BCUT2D eigenvalue weighted by Gasteiger charge is -2.43. The number of ether oxygens (including phenoxy) is 1. The molecule has 0 aromatic heterocycles. The first-order valence-electron chi connectivity index (χ1n) is 15.7. The van der Waals surface area contributed by atoms with Crippen molar-refractivity contribution in [2.75, 3.05) is 0 Å². The minimum atomic E-state index is -1.69. The summed E-state index contributed by atoms with van der Waals surface area (Å²) in [6.07, 6.45) is 5.74. The average Bonchev–Trinajstić information content (AvgIpc) is 2.91. The monoisotopic (exact) mass is 532 g/mol. The summed E-state index contributed by atoms with van der Waals surface area (Å²) in [7, 11) is 0. The lowest BCUT2D eigenvalue weighted by atomic mass is 9.67. The van der Waals surface area contributed by atoms with Gasteiger partial charge in [-0.1, -0.05) is 46.0 Å². The summed E-state index contributed by atoms with van der Waals surface area (Å²) >= 11 is 0. The molecule has 0 radical (unpaired) electrons. The van der Waals surface area contributed by atoms with Crippen molar-refractivity contribution in [3.8, 4) is 0 Å². The third-order valence-electron chi connectivity index (χ3n) is 10.9. The lowest BCUT2D eigenvalue weighted by molar-refractivity contribution is -0.207.